The molecule has 3 nitrogen and oxygen atoms in total. The molecule has 1 aromatic heterocycles. The molecule has 1 aliphatic rings. The van der Waals surface area contributed by atoms with Crippen LogP contribution in [0.15, 0.2) is 28.7 Å². The predicted octanol–water partition coefficient (Wildman–Crippen LogP) is 2.61. The number of fused-ring (bicyclic) bond motifs is 1. The monoisotopic (exact) mass is 217 g/mol. The maximum atomic E-state index is 5.80. The van der Waals surface area contributed by atoms with E-state index in [9.17, 15) is 0 Å². The third-order valence-electron chi connectivity index (χ3n) is 3.05. The Morgan fingerprint density at radius 3 is 2.88 bits per heavy atom. The highest BCUT2D eigenvalue weighted by atomic mass is 16.5. The Kier molecular flexibility index (Phi) is 2.14. The van der Waals surface area contributed by atoms with Crippen LogP contribution >= 0.6 is 0 Å². The molecule has 1 fully saturated rings. The van der Waals surface area contributed by atoms with Crippen molar-refractivity contribution in [3.63, 3.8) is 0 Å². The lowest BCUT2D eigenvalue weighted by Gasteiger charge is -2.32. The van der Waals surface area contributed by atoms with E-state index in [2.05, 4.69) is 0 Å². The van der Waals surface area contributed by atoms with Gasteiger partial charge in [-0.25, -0.2) is 0 Å². The van der Waals surface area contributed by atoms with E-state index < -0.39 is 0 Å². The van der Waals surface area contributed by atoms with Crippen LogP contribution < -0.4 is 10.5 Å². The van der Waals surface area contributed by atoms with Crippen LogP contribution in [-0.4, -0.2) is 12.1 Å². The topological polar surface area (TPSA) is 48.4 Å². The van der Waals surface area contributed by atoms with Gasteiger partial charge >= 0.3 is 0 Å². The largest absolute Gasteiger partial charge is 0.490 e. The van der Waals surface area contributed by atoms with E-state index in [0.29, 0.717) is 6.04 Å². The van der Waals surface area contributed by atoms with Crippen LogP contribution in [0.25, 0.3) is 11.0 Å². The van der Waals surface area contributed by atoms with E-state index >= 15 is 0 Å². The maximum Gasteiger partial charge on any atom is 0.137 e. The smallest absolute Gasteiger partial charge is 0.137 e. The summed E-state index contributed by atoms with van der Waals surface area (Å²) in [4.78, 5) is 0. The van der Waals surface area contributed by atoms with Gasteiger partial charge in [-0.05, 0) is 38.0 Å². The number of ether oxygens (including phenoxy) is 1. The van der Waals surface area contributed by atoms with Crippen molar-refractivity contribution in [2.24, 2.45) is 5.73 Å². The van der Waals surface area contributed by atoms with Gasteiger partial charge in [-0.3, -0.25) is 0 Å². The average Bonchev–Trinajstić information content (AvgIpc) is 2.55. The number of aryl methyl sites for hydroxylation is 1. The molecule has 0 amide bonds. The highest BCUT2D eigenvalue weighted by Crippen LogP contribution is 2.28. The lowest BCUT2D eigenvalue weighted by atomic mass is 9.90. The first kappa shape index (κ1) is 9.73. The van der Waals surface area contributed by atoms with Crippen LogP contribution in [0, 0.1) is 6.92 Å². The molecule has 16 heavy (non-hydrogen) atoms. The molecule has 3 heteroatoms. The molecule has 0 atom stereocenters. The van der Waals surface area contributed by atoms with E-state index in [1.807, 2.05) is 31.2 Å². The quantitative estimate of drug-likeness (QED) is 0.841. The minimum Gasteiger partial charge on any atom is -0.490 e. The Bertz CT molecular complexity index is 512. The molecule has 3 rings (SSSR count). The zero-order chi connectivity index (χ0) is 11.1. The van der Waals surface area contributed by atoms with E-state index in [1.54, 1.807) is 0 Å². The fourth-order valence-corrected chi connectivity index (χ4v) is 2.11. The summed E-state index contributed by atoms with van der Waals surface area (Å²) < 4.78 is 11.4. The SMILES string of the molecule is Cc1cc2ccc(O[C@H]3C[C@@H](N)C3)cc2o1. The van der Waals surface area contributed by atoms with Crippen molar-refractivity contribution in [1.82, 2.24) is 0 Å². The molecule has 2 N–H and O–H groups in total. The zero-order valence-electron chi connectivity index (χ0n) is 9.27. The van der Waals surface area contributed by atoms with E-state index in [-0.39, 0.29) is 6.10 Å². The van der Waals surface area contributed by atoms with Crippen LogP contribution in [0.5, 0.6) is 5.75 Å². The van der Waals surface area contributed by atoms with Crippen LogP contribution in [0.3, 0.4) is 0 Å². The fourth-order valence-electron chi connectivity index (χ4n) is 2.11. The van der Waals surface area contributed by atoms with Gasteiger partial charge in [0.2, 0.25) is 0 Å². The first-order chi connectivity index (χ1) is 7.70. The van der Waals surface area contributed by atoms with Crippen molar-refractivity contribution < 1.29 is 9.15 Å². The summed E-state index contributed by atoms with van der Waals surface area (Å²) in [6.45, 7) is 1.95. The predicted molar refractivity (Wildman–Crippen MR) is 62.6 cm³/mol. The molecule has 1 aliphatic carbocycles. The summed E-state index contributed by atoms with van der Waals surface area (Å²) in [5, 5.41) is 1.12. The Balaban J connectivity index is 1.82. The van der Waals surface area contributed by atoms with Gasteiger partial charge < -0.3 is 14.9 Å². The molecule has 1 aromatic carbocycles. The van der Waals surface area contributed by atoms with Gasteiger partial charge in [0.15, 0.2) is 0 Å². The Morgan fingerprint density at radius 2 is 2.12 bits per heavy atom. The van der Waals surface area contributed by atoms with Crippen molar-refractivity contribution >= 4 is 11.0 Å². The van der Waals surface area contributed by atoms with Gasteiger partial charge in [0.1, 0.15) is 23.2 Å². The van der Waals surface area contributed by atoms with E-state index in [4.69, 9.17) is 14.9 Å². The summed E-state index contributed by atoms with van der Waals surface area (Å²) >= 11 is 0. The molecule has 0 unspecified atom stereocenters. The van der Waals surface area contributed by atoms with Crippen LogP contribution in [0.1, 0.15) is 18.6 Å². The highest BCUT2D eigenvalue weighted by molar-refractivity contribution is 5.79. The third kappa shape index (κ3) is 1.67. The molecular formula is C13H15NO2. The zero-order valence-corrected chi connectivity index (χ0v) is 9.27. The van der Waals surface area contributed by atoms with Gasteiger partial charge in [-0.1, -0.05) is 0 Å². The molecular weight excluding hydrogens is 202 g/mol. The average molecular weight is 217 g/mol. The van der Waals surface area contributed by atoms with Crippen molar-refractivity contribution in [3.8, 4) is 5.75 Å². The van der Waals surface area contributed by atoms with Crippen molar-refractivity contribution in [2.75, 3.05) is 0 Å². The molecule has 1 saturated carbocycles. The molecule has 0 radical (unpaired) electrons. The van der Waals surface area contributed by atoms with Gasteiger partial charge in [0.05, 0.1) is 0 Å². The normalized spacial score (nSPS) is 24.4. The van der Waals surface area contributed by atoms with Gasteiger partial charge in [0, 0.05) is 17.5 Å². The lowest BCUT2D eigenvalue weighted by Crippen LogP contribution is -2.43. The molecule has 0 bridgehead atoms. The molecule has 0 aliphatic heterocycles. The van der Waals surface area contributed by atoms with E-state index in [0.717, 1.165) is 35.3 Å². The lowest BCUT2D eigenvalue weighted by molar-refractivity contribution is 0.101. The molecule has 0 spiro atoms. The van der Waals surface area contributed by atoms with Gasteiger partial charge in [0.25, 0.3) is 0 Å². The minimum absolute atomic E-state index is 0.281. The van der Waals surface area contributed by atoms with E-state index in [1.165, 1.54) is 0 Å². The summed E-state index contributed by atoms with van der Waals surface area (Å²) in [6, 6.07) is 8.31. The summed E-state index contributed by atoms with van der Waals surface area (Å²) in [5.41, 5.74) is 6.61. The Labute approximate surface area is 94.2 Å². The Hall–Kier alpha value is -1.48. The Morgan fingerprint density at radius 1 is 1.31 bits per heavy atom. The summed E-state index contributed by atoms with van der Waals surface area (Å²) in [7, 11) is 0. The van der Waals surface area contributed by atoms with Gasteiger partial charge in [-0.15, -0.1) is 0 Å². The molecule has 1 heterocycles. The molecule has 0 saturated heterocycles. The highest BCUT2D eigenvalue weighted by Gasteiger charge is 2.27. The standard InChI is InChI=1S/C13H15NO2/c1-8-4-9-2-3-11(7-13(9)15-8)16-12-5-10(14)6-12/h2-4,7,10,12H,5-6,14H2,1H3/t10-,12+. The number of hydrogen-bond acceptors (Lipinski definition) is 3. The maximum absolute atomic E-state index is 5.80. The number of hydrogen-bond donors (Lipinski definition) is 1. The molecule has 84 valence electrons. The molecule has 2 aromatic rings. The summed E-state index contributed by atoms with van der Waals surface area (Å²) in [5.74, 6) is 1.80. The van der Waals surface area contributed by atoms with Crippen LogP contribution in [0.4, 0.5) is 0 Å². The van der Waals surface area contributed by atoms with Crippen LogP contribution in [-0.2, 0) is 0 Å². The van der Waals surface area contributed by atoms with Crippen molar-refractivity contribution in [2.45, 2.75) is 31.9 Å². The third-order valence-corrected chi connectivity index (χ3v) is 3.05. The minimum atomic E-state index is 0.281. The number of furan rings is 1. The van der Waals surface area contributed by atoms with Gasteiger partial charge in [-0.2, -0.15) is 0 Å². The fraction of sp³-hybridized carbons (Fsp3) is 0.385. The number of nitrogens with two attached hydrogens (primary N) is 1. The first-order valence-electron chi connectivity index (χ1n) is 5.63. The second kappa shape index (κ2) is 3.52. The second-order valence-electron chi connectivity index (χ2n) is 4.53. The van der Waals surface area contributed by atoms with Crippen molar-refractivity contribution in [3.05, 3.63) is 30.0 Å². The summed E-state index contributed by atoms with van der Waals surface area (Å²) in [6.07, 6.45) is 2.19. The number of benzene rings is 1. The number of rotatable bonds is 2. The second-order valence-corrected chi connectivity index (χ2v) is 4.53. The van der Waals surface area contributed by atoms with Crippen molar-refractivity contribution in [1.29, 1.82) is 0 Å². The van der Waals surface area contributed by atoms with Crippen LogP contribution in [0.2, 0.25) is 0 Å². The first-order valence-corrected chi connectivity index (χ1v) is 5.63.